The van der Waals surface area contributed by atoms with Crippen LogP contribution in [0.25, 0.3) is 0 Å². The lowest BCUT2D eigenvalue weighted by atomic mass is 10.2. The molecule has 1 nitrogen and oxygen atoms in total. The van der Waals surface area contributed by atoms with Gasteiger partial charge < -0.3 is 4.57 Å². The van der Waals surface area contributed by atoms with E-state index in [2.05, 4.69) is 25.3 Å². The molecule has 2 unspecified atom stereocenters. The fourth-order valence-corrected chi connectivity index (χ4v) is 13.2. The van der Waals surface area contributed by atoms with E-state index in [1.807, 2.05) is 0 Å². The topological polar surface area (TPSA) is 3.24 Å². The molecule has 1 aliphatic heterocycles. The molecule has 0 radical (unpaired) electrons. The highest BCUT2D eigenvalue weighted by Gasteiger charge is 2.54. The van der Waals surface area contributed by atoms with E-state index >= 15 is 0 Å². The first-order chi connectivity index (χ1) is 8.63. The van der Waals surface area contributed by atoms with Crippen molar-refractivity contribution in [1.82, 2.24) is 4.57 Å². The minimum atomic E-state index is -1.14. The molecule has 2 fully saturated rings. The third kappa shape index (κ3) is 2.36. The molecule has 4 heteroatoms. The minimum absolute atomic E-state index is 0.0181. The third-order valence-corrected chi connectivity index (χ3v) is 15.8. The number of alkyl halides is 1. The molecule has 1 saturated carbocycles. The summed E-state index contributed by atoms with van der Waals surface area (Å²) in [5.41, 5.74) is 0.872. The van der Waals surface area contributed by atoms with Crippen LogP contribution in [0, 0.1) is 0 Å². The number of halogens is 1. The molecule has 106 valence electrons. The van der Waals surface area contributed by atoms with Crippen molar-refractivity contribution < 1.29 is 0 Å². The molecule has 1 saturated heterocycles. The van der Waals surface area contributed by atoms with Crippen LogP contribution < -0.4 is 0 Å². The van der Waals surface area contributed by atoms with Crippen LogP contribution in [0.2, 0.25) is 29.7 Å². The van der Waals surface area contributed by atoms with Crippen molar-refractivity contribution in [3.63, 3.8) is 0 Å². The molecule has 0 bridgehead atoms. The minimum Gasteiger partial charge on any atom is -0.312 e. The molecule has 18 heavy (non-hydrogen) atoms. The van der Waals surface area contributed by atoms with Gasteiger partial charge in [0.2, 0.25) is 0 Å². The van der Waals surface area contributed by atoms with Crippen LogP contribution in [0.5, 0.6) is 0 Å². The van der Waals surface area contributed by atoms with Gasteiger partial charge in [0.15, 0.2) is 0 Å². The predicted octanol–water partition coefficient (Wildman–Crippen LogP) is 4.19. The fraction of sp³-hybridized carbons (Fsp3) is 1.00. The SMILES string of the molecule is CC[Si](CC)(CC)C1CCCC1(Cl)N1CCC[SiH2]1. The predicted molar refractivity (Wildman–Crippen MR) is 88.1 cm³/mol. The van der Waals surface area contributed by atoms with E-state index in [-0.39, 0.29) is 14.7 Å². The molecule has 0 amide bonds. The number of nitrogens with zero attached hydrogens (tertiary/aromatic N) is 1. The van der Waals surface area contributed by atoms with Gasteiger partial charge >= 0.3 is 0 Å². The molecule has 0 aromatic rings. The van der Waals surface area contributed by atoms with Crippen LogP contribution in [0.1, 0.15) is 46.5 Å². The van der Waals surface area contributed by atoms with Crippen LogP contribution in [-0.2, 0) is 0 Å². The van der Waals surface area contributed by atoms with Crippen LogP contribution in [0.3, 0.4) is 0 Å². The van der Waals surface area contributed by atoms with E-state index in [0.29, 0.717) is 0 Å². The van der Waals surface area contributed by atoms with Crippen LogP contribution in [-0.4, -0.2) is 33.9 Å². The van der Waals surface area contributed by atoms with Crippen molar-refractivity contribution in [2.75, 3.05) is 6.54 Å². The van der Waals surface area contributed by atoms with Gasteiger partial charge in [0.1, 0.15) is 0 Å². The summed E-state index contributed by atoms with van der Waals surface area (Å²) in [4.78, 5) is 0.108. The van der Waals surface area contributed by atoms with Crippen molar-refractivity contribution in [1.29, 1.82) is 0 Å². The Morgan fingerprint density at radius 3 is 2.39 bits per heavy atom. The first kappa shape index (κ1) is 15.1. The van der Waals surface area contributed by atoms with Gasteiger partial charge in [-0.15, -0.1) is 11.6 Å². The average molecular weight is 304 g/mol. The maximum Gasteiger partial charge on any atom is 0.0972 e. The smallest absolute Gasteiger partial charge is 0.0972 e. The summed E-state index contributed by atoms with van der Waals surface area (Å²) in [6.45, 7) is 8.64. The Balaban J connectivity index is 2.24. The fourth-order valence-electron chi connectivity index (χ4n) is 4.68. The van der Waals surface area contributed by atoms with Crippen LogP contribution >= 0.6 is 11.6 Å². The summed E-state index contributed by atoms with van der Waals surface area (Å²) >= 11 is 7.26. The summed E-state index contributed by atoms with van der Waals surface area (Å²) in [7, 11) is -1.16. The van der Waals surface area contributed by atoms with E-state index in [1.54, 1.807) is 0 Å². The molecule has 2 rings (SSSR count). The lowest BCUT2D eigenvalue weighted by Crippen LogP contribution is -2.53. The first-order valence-electron chi connectivity index (χ1n) is 8.07. The molecule has 2 atom stereocenters. The Kier molecular flexibility index (Phi) is 5.01. The average Bonchev–Trinajstić information content (AvgIpc) is 3.03. The molecule has 1 heterocycles. The third-order valence-electron chi connectivity index (χ3n) is 6.04. The zero-order valence-corrected chi connectivity index (χ0v) is 15.6. The van der Waals surface area contributed by atoms with Crippen molar-refractivity contribution >= 4 is 29.4 Å². The molecule has 0 spiro atoms. The van der Waals surface area contributed by atoms with E-state index < -0.39 is 8.07 Å². The summed E-state index contributed by atoms with van der Waals surface area (Å²) in [6, 6.07) is 5.82. The summed E-state index contributed by atoms with van der Waals surface area (Å²) in [5, 5.41) is 0. The Morgan fingerprint density at radius 1 is 1.22 bits per heavy atom. The van der Waals surface area contributed by atoms with Crippen molar-refractivity contribution in [3.05, 3.63) is 0 Å². The normalized spacial score (nSPS) is 35.7. The highest BCUT2D eigenvalue weighted by molar-refractivity contribution is 6.82. The Bertz CT molecular complexity index is 269. The van der Waals surface area contributed by atoms with Gasteiger partial charge in [-0.3, -0.25) is 0 Å². The van der Waals surface area contributed by atoms with E-state index in [9.17, 15) is 0 Å². The summed E-state index contributed by atoms with van der Waals surface area (Å²) < 4.78 is 2.79. The number of hydrogen-bond donors (Lipinski definition) is 0. The summed E-state index contributed by atoms with van der Waals surface area (Å²) in [6.07, 6.45) is 5.51. The summed E-state index contributed by atoms with van der Waals surface area (Å²) in [5.74, 6) is 0. The quantitative estimate of drug-likeness (QED) is 0.418. The lowest BCUT2D eigenvalue weighted by Gasteiger charge is -2.47. The van der Waals surface area contributed by atoms with Crippen molar-refractivity contribution in [2.45, 2.75) is 81.2 Å². The van der Waals surface area contributed by atoms with E-state index in [4.69, 9.17) is 11.6 Å². The molecule has 0 N–H and O–H groups in total. The van der Waals surface area contributed by atoms with Crippen LogP contribution in [0.15, 0.2) is 0 Å². The van der Waals surface area contributed by atoms with Gasteiger partial charge in [-0.1, -0.05) is 45.3 Å². The lowest BCUT2D eigenvalue weighted by molar-refractivity contribution is 0.302. The largest absolute Gasteiger partial charge is 0.312 e. The Labute approximate surface area is 122 Å². The standard InChI is InChI=1S/C14H30ClNSi2/c1-4-18(5-2,6-3)13-9-7-10-14(13,15)16-11-8-12-17-16/h13H,4-12,17H2,1-3H3. The molecule has 1 aliphatic carbocycles. The van der Waals surface area contributed by atoms with Gasteiger partial charge in [0, 0.05) is 0 Å². The Morgan fingerprint density at radius 2 is 1.89 bits per heavy atom. The van der Waals surface area contributed by atoms with Gasteiger partial charge in [0.25, 0.3) is 0 Å². The number of rotatable bonds is 5. The molecule has 2 aliphatic rings. The van der Waals surface area contributed by atoms with Gasteiger partial charge in [-0.2, -0.15) is 0 Å². The van der Waals surface area contributed by atoms with Crippen LogP contribution in [0.4, 0.5) is 0 Å². The maximum atomic E-state index is 7.26. The second-order valence-electron chi connectivity index (χ2n) is 6.38. The molecule has 0 aromatic heterocycles. The first-order valence-corrected chi connectivity index (χ1v) is 12.8. The number of hydrogen-bond acceptors (Lipinski definition) is 1. The van der Waals surface area contributed by atoms with Gasteiger partial charge in [-0.05, 0) is 37.4 Å². The zero-order chi connectivity index (χ0) is 13.2. The Hall–Kier alpha value is 0.684. The highest BCUT2D eigenvalue weighted by atomic mass is 35.5. The highest BCUT2D eigenvalue weighted by Crippen LogP contribution is 2.55. The van der Waals surface area contributed by atoms with Crippen molar-refractivity contribution in [3.8, 4) is 0 Å². The molecule has 0 aromatic carbocycles. The zero-order valence-electron chi connectivity index (χ0n) is 12.5. The van der Waals surface area contributed by atoms with E-state index in [1.165, 1.54) is 56.4 Å². The second-order valence-corrected chi connectivity index (χ2v) is 14.5. The second kappa shape index (κ2) is 5.98. The van der Waals surface area contributed by atoms with E-state index in [0.717, 1.165) is 5.54 Å². The van der Waals surface area contributed by atoms with Crippen molar-refractivity contribution in [2.24, 2.45) is 0 Å². The van der Waals surface area contributed by atoms with Gasteiger partial charge in [0.05, 0.1) is 22.8 Å². The van der Waals surface area contributed by atoms with Gasteiger partial charge in [-0.25, -0.2) is 0 Å². The monoisotopic (exact) mass is 303 g/mol. The molecular formula is C14H30ClNSi2. The molecular weight excluding hydrogens is 274 g/mol. The maximum absolute atomic E-state index is 7.26.